The number of ketones is 1. The van der Waals surface area contributed by atoms with Crippen LogP contribution in [-0.4, -0.2) is 32.3 Å². The third-order valence-corrected chi connectivity index (χ3v) is 2.49. The highest BCUT2D eigenvalue weighted by Crippen LogP contribution is 2.37. The zero-order valence-electron chi connectivity index (χ0n) is 7.71. The molecule has 0 saturated heterocycles. The van der Waals surface area contributed by atoms with Gasteiger partial charge < -0.3 is 20.4 Å². The van der Waals surface area contributed by atoms with E-state index in [1.165, 1.54) is 6.07 Å². The van der Waals surface area contributed by atoms with Gasteiger partial charge in [0.05, 0.1) is 11.7 Å². The van der Waals surface area contributed by atoms with Crippen molar-refractivity contribution in [3.8, 4) is 11.5 Å². The Balaban J connectivity index is 2.65. The van der Waals surface area contributed by atoms with Gasteiger partial charge in [0.1, 0.15) is 17.6 Å². The van der Waals surface area contributed by atoms with Gasteiger partial charge in [0.2, 0.25) is 0 Å². The topological polar surface area (TPSA) is 98.0 Å². The lowest BCUT2D eigenvalue weighted by Crippen LogP contribution is -2.29. The molecule has 0 fully saturated rings. The van der Waals surface area contributed by atoms with Gasteiger partial charge >= 0.3 is 0 Å². The van der Waals surface area contributed by atoms with Gasteiger partial charge in [-0.1, -0.05) is 0 Å². The van der Waals surface area contributed by atoms with E-state index in [-0.39, 0.29) is 29.0 Å². The summed E-state index contributed by atoms with van der Waals surface area (Å²) < 4.78 is 0. The van der Waals surface area contributed by atoms with Crippen LogP contribution in [0.3, 0.4) is 0 Å². The third kappa shape index (κ3) is 1.45. The van der Waals surface area contributed by atoms with E-state index in [9.17, 15) is 25.2 Å². The van der Waals surface area contributed by atoms with Crippen LogP contribution in [0.5, 0.6) is 11.5 Å². The number of benzene rings is 1. The van der Waals surface area contributed by atoms with Crippen molar-refractivity contribution in [3.63, 3.8) is 0 Å². The van der Waals surface area contributed by atoms with Gasteiger partial charge in [-0.2, -0.15) is 0 Å². The first-order valence-corrected chi connectivity index (χ1v) is 4.46. The number of aliphatic hydroxyl groups is 2. The number of hydrogen-bond donors (Lipinski definition) is 4. The number of phenols is 2. The molecule has 5 heteroatoms. The summed E-state index contributed by atoms with van der Waals surface area (Å²) in [6.07, 6.45) is -2.67. The minimum atomic E-state index is -1.25. The smallest absolute Gasteiger partial charge is 0.169 e. The van der Waals surface area contributed by atoms with Gasteiger partial charge in [-0.15, -0.1) is 0 Å². The Morgan fingerprint density at radius 1 is 1.20 bits per heavy atom. The average molecular weight is 210 g/mol. The van der Waals surface area contributed by atoms with Crippen molar-refractivity contribution in [2.75, 3.05) is 0 Å². The molecule has 80 valence electrons. The highest BCUT2D eigenvalue weighted by atomic mass is 16.3. The van der Waals surface area contributed by atoms with Crippen LogP contribution in [0.1, 0.15) is 28.4 Å². The molecular formula is C10H10O5. The van der Waals surface area contributed by atoms with Gasteiger partial charge in [-0.25, -0.2) is 0 Å². The SMILES string of the molecule is O=C1C[C@H](O)[C@@H](O)c2cc(O)cc(O)c21. The molecule has 0 unspecified atom stereocenters. The molecule has 0 spiro atoms. The third-order valence-electron chi connectivity index (χ3n) is 2.49. The van der Waals surface area contributed by atoms with E-state index in [0.29, 0.717) is 0 Å². The molecule has 15 heavy (non-hydrogen) atoms. The molecule has 1 aliphatic rings. The molecule has 0 heterocycles. The van der Waals surface area contributed by atoms with Crippen molar-refractivity contribution in [1.29, 1.82) is 0 Å². The maximum absolute atomic E-state index is 11.5. The summed E-state index contributed by atoms with van der Waals surface area (Å²) in [5.74, 6) is -1.08. The zero-order valence-corrected chi connectivity index (χ0v) is 7.71. The van der Waals surface area contributed by atoms with E-state index in [4.69, 9.17) is 0 Å². The van der Waals surface area contributed by atoms with Crippen LogP contribution in [0.2, 0.25) is 0 Å². The second-order valence-corrected chi connectivity index (χ2v) is 3.57. The highest BCUT2D eigenvalue weighted by molar-refractivity contribution is 6.01. The average Bonchev–Trinajstić information content (AvgIpc) is 2.12. The number of carbonyl (C=O) groups is 1. The van der Waals surface area contributed by atoms with Crippen LogP contribution in [-0.2, 0) is 0 Å². The van der Waals surface area contributed by atoms with Crippen molar-refractivity contribution in [3.05, 3.63) is 23.3 Å². The van der Waals surface area contributed by atoms with Crippen LogP contribution in [0.15, 0.2) is 12.1 Å². The Kier molecular flexibility index (Phi) is 2.13. The molecule has 0 amide bonds. The molecule has 1 aliphatic carbocycles. The van der Waals surface area contributed by atoms with E-state index in [0.717, 1.165) is 6.07 Å². The summed E-state index contributed by atoms with van der Waals surface area (Å²) in [6.45, 7) is 0. The second kappa shape index (κ2) is 3.22. The maximum atomic E-state index is 11.5. The molecule has 1 aromatic carbocycles. The maximum Gasteiger partial charge on any atom is 0.169 e. The Morgan fingerprint density at radius 2 is 1.87 bits per heavy atom. The van der Waals surface area contributed by atoms with Crippen molar-refractivity contribution in [2.45, 2.75) is 18.6 Å². The number of rotatable bonds is 0. The Labute approximate surface area is 85.2 Å². The van der Waals surface area contributed by atoms with Crippen LogP contribution >= 0.6 is 0 Å². The standard InChI is InChI=1S/C10H10O5/c11-4-1-5-9(6(12)2-4)7(13)3-8(14)10(5)15/h1-2,8,10-12,14-15H,3H2/t8-,10-/m0/s1. The van der Waals surface area contributed by atoms with Gasteiger partial charge in [-0.3, -0.25) is 4.79 Å². The van der Waals surface area contributed by atoms with Gasteiger partial charge in [0, 0.05) is 18.1 Å². The molecule has 0 bridgehead atoms. The lowest BCUT2D eigenvalue weighted by Gasteiger charge is -2.25. The molecule has 0 aromatic heterocycles. The molecule has 0 aliphatic heterocycles. The van der Waals surface area contributed by atoms with Crippen LogP contribution in [0.4, 0.5) is 0 Å². The predicted molar refractivity (Wildman–Crippen MR) is 49.7 cm³/mol. The van der Waals surface area contributed by atoms with Gasteiger partial charge in [-0.05, 0) is 6.07 Å². The predicted octanol–water partition coefficient (Wildman–Crippen LogP) is 0.0785. The quantitative estimate of drug-likeness (QED) is 0.486. The zero-order chi connectivity index (χ0) is 11.2. The van der Waals surface area contributed by atoms with Crippen LogP contribution in [0, 0.1) is 0 Å². The number of hydrogen-bond acceptors (Lipinski definition) is 5. The number of carbonyl (C=O) groups excluding carboxylic acids is 1. The first kappa shape index (κ1) is 9.95. The minimum Gasteiger partial charge on any atom is -0.508 e. The van der Waals surface area contributed by atoms with Crippen molar-refractivity contribution in [1.82, 2.24) is 0 Å². The molecule has 1 aromatic rings. The summed E-state index contributed by atoms with van der Waals surface area (Å²) in [5.41, 5.74) is 0.0434. The summed E-state index contributed by atoms with van der Waals surface area (Å²) in [7, 11) is 0. The van der Waals surface area contributed by atoms with Crippen molar-refractivity contribution >= 4 is 5.78 Å². The first-order valence-electron chi connectivity index (χ1n) is 4.46. The summed E-state index contributed by atoms with van der Waals surface area (Å²) in [4.78, 5) is 11.5. The van der Waals surface area contributed by atoms with Gasteiger partial charge in [0.15, 0.2) is 5.78 Å². The number of phenolic OH excluding ortho intramolecular Hbond substituents is 2. The number of fused-ring (bicyclic) bond motifs is 1. The first-order chi connectivity index (χ1) is 7.00. The fourth-order valence-electron chi connectivity index (χ4n) is 1.78. The molecule has 4 N–H and O–H groups in total. The second-order valence-electron chi connectivity index (χ2n) is 3.57. The van der Waals surface area contributed by atoms with E-state index in [1.54, 1.807) is 0 Å². The largest absolute Gasteiger partial charge is 0.508 e. The summed E-state index contributed by atoms with van der Waals surface area (Å²) in [5, 5.41) is 37.5. The Bertz CT molecular complexity index is 426. The molecular weight excluding hydrogens is 200 g/mol. The number of aromatic hydroxyl groups is 2. The monoisotopic (exact) mass is 210 g/mol. The van der Waals surface area contributed by atoms with Crippen LogP contribution < -0.4 is 0 Å². The summed E-state index contributed by atoms with van der Waals surface area (Å²) >= 11 is 0. The van der Waals surface area contributed by atoms with Crippen LogP contribution in [0.25, 0.3) is 0 Å². The van der Waals surface area contributed by atoms with Gasteiger partial charge in [0.25, 0.3) is 0 Å². The normalized spacial score (nSPS) is 25.1. The lowest BCUT2D eigenvalue weighted by atomic mass is 9.86. The fourth-order valence-corrected chi connectivity index (χ4v) is 1.78. The number of aliphatic hydroxyl groups excluding tert-OH is 2. The number of Topliss-reactive ketones (excluding diaryl/α,β-unsaturated/α-hetero) is 1. The Hall–Kier alpha value is -1.59. The molecule has 0 radical (unpaired) electrons. The van der Waals surface area contributed by atoms with E-state index >= 15 is 0 Å². The molecule has 0 saturated carbocycles. The molecule has 2 atom stereocenters. The summed E-state index contributed by atoms with van der Waals surface area (Å²) in [6, 6.07) is 2.20. The van der Waals surface area contributed by atoms with Crippen molar-refractivity contribution in [2.24, 2.45) is 0 Å². The fraction of sp³-hybridized carbons (Fsp3) is 0.300. The minimum absolute atomic E-state index is 0.0226. The lowest BCUT2D eigenvalue weighted by molar-refractivity contribution is 0.00834. The van der Waals surface area contributed by atoms with E-state index in [1.807, 2.05) is 0 Å². The van der Waals surface area contributed by atoms with E-state index in [2.05, 4.69) is 0 Å². The molecule has 5 nitrogen and oxygen atoms in total. The van der Waals surface area contributed by atoms with Crippen molar-refractivity contribution < 1.29 is 25.2 Å². The van der Waals surface area contributed by atoms with E-state index < -0.39 is 18.0 Å². The highest BCUT2D eigenvalue weighted by Gasteiger charge is 2.33. The molecule has 2 rings (SSSR count). The Morgan fingerprint density at radius 3 is 2.53 bits per heavy atom.